The van der Waals surface area contributed by atoms with Crippen molar-refractivity contribution >= 4 is 5.97 Å². The molecule has 0 aromatic rings. The summed E-state index contributed by atoms with van der Waals surface area (Å²) >= 11 is 0. The first-order valence-corrected chi connectivity index (χ1v) is 11.1. The van der Waals surface area contributed by atoms with Gasteiger partial charge in [0, 0.05) is 31.1 Å². The van der Waals surface area contributed by atoms with E-state index in [1.165, 1.54) is 12.5 Å². The minimum Gasteiger partial charge on any atom is -0.462 e. The summed E-state index contributed by atoms with van der Waals surface area (Å²) in [5, 5.41) is 0. The molecule has 4 nitrogen and oxygen atoms in total. The standard InChI is InChI=1S/C23H33FO4/c1-14(25)28-16-6-8-21(2)15(12-16)4-5-17-18(21)7-9-22(3)20(17)19(24)13-23(22)26-10-11-27-23/h4,16-20H,5-13H2,1-3H3. The van der Waals surface area contributed by atoms with Crippen molar-refractivity contribution in [2.75, 3.05) is 13.2 Å². The zero-order valence-corrected chi connectivity index (χ0v) is 17.3. The number of alkyl halides is 1. The van der Waals surface area contributed by atoms with Gasteiger partial charge in [-0.3, -0.25) is 4.79 Å². The molecule has 3 saturated carbocycles. The van der Waals surface area contributed by atoms with Crippen LogP contribution in [-0.4, -0.2) is 37.2 Å². The second-order valence-corrected chi connectivity index (χ2v) is 10.3. The number of esters is 1. The molecule has 5 heteroatoms. The van der Waals surface area contributed by atoms with Crippen LogP contribution in [0.25, 0.3) is 0 Å². The van der Waals surface area contributed by atoms with E-state index in [2.05, 4.69) is 19.9 Å². The van der Waals surface area contributed by atoms with Gasteiger partial charge in [-0.05, 0) is 49.4 Å². The summed E-state index contributed by atoms with van der Waals surface area (Å²) < 4.78 is 33.2. The Bertz CT molecular complexity index is 699. The molecule has 28 heavy (non-hydrogen) atoms. The van der Waals surface area contributed by atoms with E-state index in [1.54, 1.807) is 0 Å². The van der Waals surface area contributed by atoms with Crippen LogP contribution in [0.2, 0.25) is 0 Å². The molecular formula is C23H33FO4. The first-order valence-electron chi connectivity index (χ1n) is 11.1. The highest BCUT2D eigenvalue weighted by atomic mass is 19.1. The van der Waals surface area contributed by atoms with Crippen LogP contribution < -0.4 is 0 Å². The summed E-state index contributed by atoms with van der Waals surface area (Å²) in [4.78, 5) is 11.4. The second kappa shape index (κ2) is 6.28. The minimum absolute atomic E-state index is 0.00479. The highest BCUT2D eigenvalue weighted by Crippen LogP contribution is 2.69. The van der Waals surface area contributed by atoms with Gasteiger partial charge in [-0.1, -0.05) is 25.5 Å². The molecule has 4 aliphatic carbocycles. The third kappa shape index (κ3) is 2.44. The first kappa shape index (κ1) is 19.0. The van der Waals surface area contributed by atoms with Gasteiger partial charge in [0.15, 0.2) is 5.79 Å². The van der Waals surface area contributed by atoms with Crippen molar-refractivity contribution in [3.05, 3.63) is 11.6 Å². The molecule has 5 rings (SSSR count). The lowest BCUT2D eigenvalue weighted by molar-refractivity contribution is -0.242. The number of hydrogen-bond acceptors (Lipinski definition) is 4. The summed E-state index contributed by atoms with van der Waals surface area (Å²) in [6, 6.07) is 0. The fourth-order valence-corrected chi connectivity index (χ4v) is 7.85. The number of carbonyl (C=O) groups is 1. The Labute approximate surface area is 167 Å². The van der Waals surface area contributed by atoms with Crippen LogP contribution in [0.5, 0.6) is 0 Å². The van der Waals surface area contributed by atoms with Gasteiger partial charge in [-0.15, -0.1) is 0 Å². The number of carbonyl (C=O) groups excluding carboxylic acids is 1. The fourth-order valence-electron chi connectivity index (χ4n) is 7.85. The molecule has 4 fully saturated rings. The molecule has 0 radical (unpaired) electrons. The molecule has 1 spiro atoms. The number of halogens is 1. The van der Waals surface area contributed by atoms with Gasteiger partial charge >= 0.3 is 5.97 Å². The Morgan fingerprint density at radius 1 is 1.21 bits per heavy atom. The molecule has 7 unspecified atom stereocenters. The van der Waals surface area contributed by atoms with Gasteiger partial charge < -0.3 is 14.2 Å². The lowest BCUT2D eigenvalue weighted by Crippen LogP contribution is -2.55. The normalized spacial score (nSPS) is 49.1. The van der Waals surface area contributed by atoms with Crippen molar-refractivity contribution in [3.63, 3.8) is 0 Å². The summed E-state index contributed by atoms with van der Waals surface area (Å²) in [5.74, 6) is -0.0480. The molecule has 156 valence electrons. The topological polar surface area (TPSA) is 44.8 Å². The third-order valence-electron chi connectivity index (χ3n) is 9.12. The van der Waals surface area contributed by atoms with Crippen LogP contribution in [0.3, 0.4) is 0 Å². The van der Waals surface area contributed by atoms with E-state index < -0.39 is 12.0 Å². The molecular weight excluding hydrogens is 359 g/mol. The average Bonchev–Trinajstić information content (AvgIpc) is 3.19. The third-order valence-corrected chi connectivity index (χ3v) is 9.12. The zero-order chi connectivity index (χ0) is 19.7. The van der Waals surface area contributed by atoms with Crippen LogP contribution in [0, 0.1) is 28.6 Å². The van der Waals surface area contributed by atoms with Crippen molar-refractivity contribution in [1.29, 1.82) is 0 Å². The zero-order valence-electron chi connectivity index (χ0n) is 17.3. The van der Waals surface area contributed by atoms with Gasteiger partial charge in [0.25, 0.3) is 0 Å². The van der Waals surface area contributed by atoms with Crippen LogP contribution in [0.1, 0.15) is 65.7 Å². The average molecular weight is 393 g/mol. The van der Waals surface area contributed by atoms with Crippen LogP contribution in [0.4, 0.5) is 4.39 Å². The van der Waals surface area contributed by atoms with E-state index in [-0.39, 0.29) is 28.8 Å². The van der Waals surface area contributed by atoms with E-state index in [0.717, 1.165) is 38.5 Å². The highest BCUT2D eigenvalue weighted by Gasteiger charge is 2.70. The lowest BCUT2D eigenvalue weighted by Gasteiger charge is -2.58. The molecule has 5 aliphatic rings. The largest absolute Gasteiger partial charge is 0.462 e. The second-order valence-electron chi connectivity index (χ2n) is 10.3. The van der Waals surface area contributed by atoms with E-state index >= 15 is 4.39 Å². The summed E-state index contributed by atoms with van der Waals surface area (Å²) in [6.07, 6.45) is 7.67. The first-order chi connectivity index (χ1) is 13.3. The summed E-state index contributed by atoms with van der Waals surface area (Å²) in [5.41, 5.74) is 1.31. The maximum Gasteiger partial charge on any atom is 0.302 e. The predicted molar refractivity (Wildman–Crippen MR) is 102 cm³/mol. The molecule has 1 saturated heterocycles. The van der Waals surface area contributed by atoms with Crippen molar-refractivity contribution in [2.24, 2.45) is 28.6 Å². The Hall–Kier alpha value is -0.940. The number of hydrogen-bond donors (Lipinski definition) is 0. The van der Waals surface area contributed by atoms with Crippen LogP contribution in [0.15, 0.2) is 11.6 Å². The van der Waals surface area contributed by atoms with Crippen molar-refractivity contribution in [3.8, 4) is 0 Å². The van der Waals surface area contributed by atoms with Gasteiger partial charge in [0.05, 0.1) is 13.2 Å². The smallest absolute Gasteiger partial charge is 0.302 e. The van der Waals surface area contributed by atoms with E-state index in [0.29, 0.717) is 31.5 Å². The SMILES string of the molecule is CC(=O)OC1CCC2(C)C(=CCC3C2CCC2(C)C3C(F)CC23OCCO3)C1. The van der Waals surface area contributed by atoms with Crippen LogP contribution >= 0.6 is 0 Å². The van der Waals surface area contributed by atoms with Gasteiger partial charge in [-0.2, -0.15) is 0 Å². The van der Waals surface area contributed by atoms with Crippen LogP contribution in [-0.2, 0) is 19.0 Å². The monoisotopic (exact) mass is 392 g/mol. The van der Waals surface area contributed by atoms with Gasteiger partial charge in [0.2, 0.25) is 0 Å². The highest BCUT2D eigenvalue weighted by molar-refractivity contribution is 5.66. The van der Waals surface area contributed by atoms with Gasteiger partial charge in [0.1, 0.15) is 12.3 Å². The molecule has 1 heterocycles. The maximum absolute atomic E-state index is 15.5. The van der Waals surface area contributed by atoms with Crippen molar-refractivity contribution in [2.45, 2.75) is 83.8 Å². The van der Waals surface area contributed by atoms with E-state index in [4.69, 9.17) is 14.2 Å². The molecule has 0 amide bonds. The molecule has 0 aromatic heterocycles. The number of fused-ring (bicyclic) bond motifs is 6. The summed E-state index contributed by atoms with van der Waals surface area (Å²) in [7, 11) is 0. The summed E-state index contributed by atoms with van der Waals surface area (Å²) in [6.45, 7) is 7.26. The lowest BCUT2D eigenvalue weighted by atomic mass is 9.47. The van der Waals surface area contributed by atoms with E-state index in [9.17, 15) is 4.79 Å². The number of ether oxygens (including phenoxy) is 3. The molecule has 0 N–H and O–H groups in total. The quantitative estimate of drug-likeness (QED) is 0.484. The van der Waals surface area contributed by atoms with Gasteiger partial charge in [-0.25, -0.2) is 4.39 Å². The molecule has 7 atom stereocenters. The molecule has 0 aromatic carbocycles. The molecule has 0 bridgehead atoms. The predicted octanol–water partition coefficient (Wildman–Crippen LogP) is 4.57. The fraction of sp³-hybridized carbons (Fsp3) is 0.870. The number of allylic oxidation sites excluding steroid dienone is 1. The minimum atomic E-state index is -0.855. The van der Waals surface area contributed by atoms with Crippen molar-refractivity contribution in [1.82, 2.24) is 0 Å². The maximum atomic E-state index is 15.5. The van der Waals surface area contributed by atoms with E-state index in [1.807, 2.05) is 0 Å². The Morgan fingerprint density at radius 2 is 1.96 bits per heavy atom. The Morgan fingerprint density at radius 3 is 2.68 bits per heavy atom. The Kier molecular flexibility index (Phi) is 4.27. The Balaban J connectivity index is 1.44. The van der Waals surface area contributed by atoms with Crippen molar-refractivity contribution < 1.29 is 23.4 Å². The number of rotatable bonds is 1. The molecule has 1 aliphatic heterocycles.